The number of halogens is 1. The maximum absolute atomic E-state index is 13.2. The number of sulfonamides is 1. The summed E-state index contributed by atoms with van der Waals surface area (Å²) in [5.41, 5.74) is 1.42. The van der Waals surface area contributed by atoms with Crippen molar-refractivity contribution >= 4 is 21.9 Å². The summed E-state index contributed by atoms with van der Waals surface area (Å²) < 4.78 is 44.6. The molecule has 32 heavy (non-hydrogen) atoms. The van der Waals surface area contributed by atoms with Gasteiger partial charge in [-0.1, -0.05) is 24.3 Å². The second kappa shape index (κ2) is 10.7. The normalized spacial score (nSPS) is 15.3. The number of aryl methyl sites for hydroxylation is 1. The van der Waals surface area contributed by atoms with Crippen molar-refractivity contribution in [1.29, 1.82) is 0 Å². The van der Waals surface area contributed by atoms with Crippen LogP contribution in [0.2, 0.25) is 0 Å². The summed E-state index contributed by atoms with van der Waals surface area (Å²) in [5.74, 6) is -1.18. The van der Waals surface area contributed by atoms with Crippen LogP contribution in [0.4, 0.5) is 4.39 Å². The van der Waals surface area contributed by atoms with Gasteiger partial charge in [0.1, 0.15) is 5.82 Å². The molecule has 1 N–H and O–H groups in total. The van der Waals surface area contributed by atoms with Crippen LogP contribution in [0.3, 0.4) is 0 Å². The molecule has 9 heteroatoms. The number of esters is 1. The van der Waals surface area contributed by atoms with E-state index in [4.69, 9.17) is 4.74 Å². The summed E-state index contributed by atoms with van der Waals surface area (Å²) in [6.07, 6.45) is 2.24. The number of hydrogen-bond acceptors (Lipinski definition) is 5. The van der Waals surface area contributed by atoms with Gasteiger partial charge in [0, 0.05) is 19.5 Å². The Morgan fingerprint density at radius 3 is 2.28 bits per heavy atom. The summed E-state index contributed by atoms with van der Waals surface area (Å²) in [5, 5.41) is 2.80. The minimum absolute atomic E-state index is 0.0725. The number of carbonyl (C=O) groups excluding carboxylic acids is 2. The van der Waals surface area contributed by atoms with Crippen molar-refractivity contribution in [3.8, 4) is 0 Å². The van der Waals surface area contributed by atoms with Crippen LogP contribution in [0.25, 0.3) is 0 Å². The molecule has 3 rings (SSSR count). The molecule has 1 unspecified atom stereocenters. The molecule has 0 aliphatic carbocycles. The Balaban J connectivity index is 1.59. The molecule has 1 atom stereocenters. The van der Waals surface area contributed by atoms with E-state index < -0.39 is 27.9 Å². The standard InChI is InChI=1S/C23H27FN2O5S/c1-31-23(28)16-21(18-7-9-19(24)10-8-18)25-22(27)13-6-17-4-11-20(12-5-17)32(29,30)26-14-2-3-15-26/h4-5,7-12,21H,2-3,6,13-16H2,1H3,(H,25,27). The third-order valence-corrected chi connectivity index (χ3v) is 7.39. The number of ether oxygens (including phenoxy) is 1. The van der Waals surface area contributed by atoms with Crippen molar-refractivity contribution in [3.63, 3.8) is 0 Å². The molecule has 2 aromatic rings. The lowest BCUT2D eigenvalue weighted by Gasteiger charge is -2.18. The minimum atomic E-state index is -3.47. The zero-order valence-electron chi connectivity index (χ0n) is 17.9. The number of nitrogens with one attached hydrogen (secondary N) is 1. The Kier molecular flexibility index (Phi) is 7.98. The van der Waals surface area contributed by atoms with E-state index in [1.165, 1.54) is 35.7 Å². The van der Waals surface area contributed by atoms with Crippen LogP contribution in [0.5, 0.6) is 0 Å². The largest absolute Gasteiger partial charge is 0.469 e. The topological polar surface area (TPSA) is 92.8 Å². The van der Waals surface area contributed by atoms with Gasteiger partial charge in [-0.2, -0.15) is 4.31 Å². The van der Waals surface area contributed by atoms with E-state index >= 15 is 0 Å². The van der Waals surface area contributed by atoms with Crippen molar-refractivity contribution in [3.05, 3.63) is 65.5 Å². The van der Waals surface area contributed by atoms with E-state index in [0.29, 0.717) is 25.1 Å². The quantitative estimate of drug-likeness (QED) is 0.579. The predicted octanol–water partition coefficient (Wildman–Crippen LogP) is 2.96. The first-order chi connectivity index (χ1) is 15.3. The van der Waals surface area contributed by atoms with Crippen molar-refractivity contribution in [2.24, 2.45) is 0 Å². The molecule has 172 valence electrons. The van der Waals surface area contributed by atoms with E-state index in [0.717, 1.165) is 18.4 Å². The van der Waals surface area contributed by atoms with Crippen LogP contribution in [0.15, 0.2) is 53.4 Å². The van der Waals surface area contributed by atoms with Crippen LogP contribution in [0.1, 0.15) is 42.9 Å². The van der Waals surface area contributed by atoms with Gasteiger partial charge in [0.2, 0.25) is 15.9 Å². The molecular formula is C23H27FN2O5S. The molecule has 0 radical (unpaired) electrons. The number of rotatable bonds is 9. The molecule has 1 saturated heterocycles. The fourth-order valence-electron chi connectivity index (χ4n) is 3.63. The lowest BCUT2D eigenvalue weighted by molar-refractivity contribution is -0.141. The van der Waals surface area contributed by atoms with Crippen LogP contribution < -0.4 is 5.32 Å². The smallest absolute Gasteiger partial charge is 0.307 e. The highest BCUT2D eigenvalue weighted by atomic mass is 32.2. The molecule has 2 aromatic carbocycles. The zero-order valence-corrected chi connectivity index (χ0v) is 18.7. The summed E-state index contributed by atoms with van der Waals surface area (Å²) in [4.78, 5) is 24.5. The molecule has 0 bridgehead atoms. The number of carbonyl (C=O) groups is 2. The highest BCUT2D eigenvalue weighted by Crippen LogP contribution is 2.22. The molecule has 0 aromatic heterocycles. The summed E-state index contributed by atoms with van der Waals surface area (Å²) in [6, 6.07) is 11.5. The Labute approximate surface area is 187 Å². The van der Waals surface area contributed by atoms with Gasteiger partial charge in [-0.05, 0) is 54.7 Å². The predicted molar refractivity (Wildman–Crippen MR) is 117 cm³/mol. The minimum Gasteiger partial charge on any atom is -0.469 e. The van der Waals surface area contributed by atoms with Gasteiger partial charge in [-0.25, -0.2) is 12.8 Å². The maximum Gasteiger partial charge on any atom is 0.307 e. The second-order valence-corrected chi connectivity index (χ2v) is 9.64. The molecule has 7 nitrogen and oxygen atoms in total. The average molecular weight is 463 g/mol. The van der Waals surface area contributed by atoms with Crippen molar-refractivity contribution < 1.29 is 27.1 Å². The lowest BCUT2D eigenvalue weighted by Crippen LogP contribution is -2.30. The fraction of sp³-hybridized carbons (Fsp3) is 0.391. The van der Waals surface area contributed by atoms with E-state index in [1.807, 2.05) is 0 Å². The fourth-order valence-corrected chi connectivity index (χ4v) is 5.14. The molecule has 1 aliphatic rings. The molecular weight excluding hydrogens is 435 g/mol. The van der Waals surface area contributed by atoms with Gasteiger partial charge in [-0.3, -0.25) is 9.59 Å². The van der Waals surface area contributed by atoms with Gasteiger partial charge in [0.05, 0.1) is 24.5 Å². The number of benzene rings is 2. The molecule has 1 fully saturated rings. The van der Waals surface area contributed by atoms with Crippen LogP contribution in [-0.2, 0) is 30.8 Å². The van der Waals surface area contributed by atoms with E-state index in [1.54, 1.807) is 24.3 Å². The molecule has 0 spiro atoms. The first-order valence-corrected chi connectivity index (χ1v) is 11.9. The van der Waals surface area contributed by atoms with Gasteiger partial charge in [0.25, 0.3) is 0 Å². The van der Waals surface area contributed by atoms with Gasteiger partial charge < -0.3 is 10.1 Å². The van der Waals surface area contributed by atoms with E-state index in [9.17, 15) is 22.4 Å². The van der Waals surface area contributed by atoms with Crippen LogP contribution in [0, 0.1) is 5.82 Å². The zero-order chi connectivity index (χ0) is 23.1. The number of amides is 1. The van der Waals surface area contributed by atoms with E-state index in [2.05, 4.69) is 5.32 Å². The molecule has 1 amide bonds. The first-order valence-electron chi connectivity index (χ1n) is 10.5. The third kappa shape index (κ3) is 6.14. The van der Waals surface area contributed by atoms with Crippen molar-refractivity contribution in [2.45, 2.75) is 43.0 Å². The molecule has 1 heterocycles. The number of nitrogens with zero attached hydrogens (tertiary/aromatic N) is 1. The van der Waals surface area contributed by atoms with E-state index in [-0.39, 0.29) is 23.6 Å². The summed E-state index contributed by atoms with van der Waals surface area (Å²) in [7, 11) is -2.20. The number of methoxy groups -OCH3 is 1. The molecule has 0 saturated carbocycles. The van der Waals surface area contributed by atoms with Crippen molar-refractivity contribution in [2.75, 3.05) is 20.2 Å². The first kappa shape index (κ1) is 23.9. The lowest BCUT2D eigenvalue weighted by atomic mass is 10.0. The summed E-state index contributed by atoms with van der Waals surface area (Å²) >= 11 is 0. The number of hydrogen-bond donors (Lipinski definition) is 1. The Morgan fingerprint density at radius 1 is 1.06 bits per heavy atom. The Morgan fingerprint density at radius 2 is 1.69 bits per heavy atom. The SMILES string of the molecule is COC(=O)CC(NC(=O)CCc1ccc(S(=O)(=O)N2CCCC2)cc1)c1ccc(F)cc1. The maximum atomic E-state index is 13.2. The van der Waals surface area contributed by atoms with Crippen molar-refractivity contribution in [1.82, 2.24) is 9.62 Å². The Hall–Kier alpha value is -2.78. The second-order valence-electron chi connectivity index (χ2n) is 7.71. The van der Waals surface area contributed by atoms with Gasteiger partial charge >= 0.3 is 5.97 Å². The highest BCUT2D eigenvalue weighted by Gasteiger charge is 2.27. The highest BCUT2D eigenvalue weighted by molar-refractivity contribution is 7.89. The van der Waals surface area contributed by atoms with Gasteiger partial charge in [-0.15, -0.1) is 0 Å². The van der Waals surface area contributed by atoms with Gasteiger partial charge in [0.15, 0.2) is 0 Å². The monoisotopic (exact) mass is 462 g/mol. The molecule has 1 aliphatic heterocycles. The Bertz CT molecular complexity index is 1030. The van der Waals surface area contributed by atoms with Crippen LogP contribution >= 0.6 is 0 Å². The van der Waals surface area contributed by atoms with Crippen LogP contribution in [-0.4, -0.2) is 44.8 Å². The third-order valence-electron chi connectivity index (χ3n) is 5.47. The summed E-state index contributed by atoms with van der Waals surface area (Å²) in [6.45, 7) is 1.09. The average Bonchev–Trinajstić information content (AvgIpc) is 3.34.